The quantitative estimate of drug-likeness (QED) is 0.187. The zero-order valence-electron chi connectivity index (χ0n) is 15.4. The maximum absolute atomic E-state index is 12.6. The number of hydrogen-bond donors (Lipinski definition) is 2. The third-order valence-corrected chi connectivity index (χ3v) is 9.36. The van der Waals surface area contributed by atoms with Crippen LogP contribution in [-0.2, 0) is 31.6 Å². The van der Waals surface area contributed by atoms with E-state index in [1.54, 1.807) is 0 Å². The molecule has 0 amide bonds. The fraction of sp³-hybridized carbons (Fsp3) is 1.00. The molecule has 0 aromatic carbocycles. The van der Waals surface area contributed by atoms with Gasteiger partial charge in [-0.1, -0.05) is 0 Å². The van der Waals surface area contributed by atoms with E-state index in [9.17, 15) is 7.89 Å². The normalized spacial score (nSPS) is 14.7. The van der Waals surface area contributed by atoms with Crippen molar-refractivity contribution >= 4 is 7.82 Å². The Hall–Kier alpha value is 0.584. The van der Waals surface area contributed by atoms with Crippen LogP contribution in [-0.4, -0.2) is 16.4 Å². The molecule has 6 nitrogen and oxygen atoms in total. The molecule has 0 radical (unpaired) electrons. The van der Waals surface area contributed by atoms with Gasteiger partial charge in [-0.2, -0.15) is 0 Å². The Morgan fingerprint density at radius 2 is 1.25 bits per heavy atom. The van der Waals surface area contributed by atoms with E-state index >= 15 is 0 Å². The van der Waals surface area contributed by atoms with Crippen LogP contribution in [0.4, 0.5) is 0 Å². The van der Waals surface area contributed by atoms with Crippen molar-refractivity contribution in [2.24, 2.45) is 0 Å². The van der Waals surface area contributed by atoms with E-state index in [2.05, 4.69) is 17.0 Å². The summed E-state index contributed by atoms with van der Waals surface area (Å²) in [6, 6.07) is 0. The van der Waals surface area contributed by atoms with Gasteiger partial charge in [0, 0.05) is 0 Å². The maximum atomic E-state index is 12.6. The number of rotatable bonds is 17. The first kappa shape index (κ1) is 24.6. The molecule has 0 bridgehead atoms. The van der Waals surface area contributed by atoms with Gasteiger partial charge in [0.15, 0.2) is 0 Å². The Kier molecular flexibility index (Phi) is 15.1. The monoisotopic (exact) mass is 403 g/mol. The molecule has 1 unspecified atom stereocenters. The first-order valence-electron chi connectivity index (χ1n) is 9.43. The molecule has 24 heavy (non-hydrogen) atoms. The Morgan fingerprint density at radius 1 is 0.792 bits per heavy atom. The zero-order chi connectivity index (χ0) is 18.3. The van der Waals surface area contributed by atoms with Crippen LogP contribution in [0.1, 0.15) is 90.9 Å². The summed E-state index contributed by atoms with van der Waals surface area (Å²) in [7, 11) is -4.78. The van der Waals surface area contributed by atoms with Crippen LogP contribution in [0, 0.1) is 0 Å². The second-order valence-corrected chi connectivity index (χ2v) is 11.8. The fourth-order valence-electron chi connectivity index (χ4n) is 2.56. The van der Waals surface area contributed by atoms with E-state index in [1.807, 2.05) is 0 Å². The van der Waals surface area contributed by atoms with Crippen LogP contribution in [0.5, 0.6) is 0 Å². The molecule has 145 valence electrons. The zero-order valence-corrected chi connectivity index (χ0v) is 17.8. The van der Waals surface area contributed by atoms with Gasteiger partial charge in [0.1, 0.15) is 0 Å². The molecule has 0 fully saturated rings. The Bertz CT molecular complexity index is 385. The third-order valence-electron chi connectivity index (χ3n) is 3.91. The van der Waals surface area contributed by atoms with Gasteiger partial charge < -0.3 is 0 Å². The molecule has 0 saturated heterocycles. The van der Waals surface area contributed by atoms with Gasteiger partial charge in [0.25, 0.3) is 0 Å². The minimum atomic E-state index is -4.78. The predicted molar refractivity (Wildman–Crippen MR) is 91.3 cm³/mol. The van der Waals surface area contributed by atoms with Crippen LogP contribution >= 0.6 is 7.82 Å². The topological polar surface area (TPSA) is 93.1 Å². The van der Waals surface area contributed by atoms with Crippen LogP contribution < -0.4 is 0 Å². The standard InChI is InChI=1S/C8H17O.C8H17.H3O4P.O.Ti/c1-2-3-4-5-6-7-8-9;1-3-5-7-8-6-4-2;1-5(2,3)4;;/h2-8H2,1H3;1,3-8H2,2H3;(H3,1,2,3,4);;/q-1;;;;+2/p-1. The van der Waals surface area contributed by atoms with Gasteiger partial charge >= 0.3 is 151 Å². The minimum absolute atomic E-state index is 0.146. The third kappa shape index (κ3) is 16.1. The summed E-state index contributed by atoms with van der Waals surface area (Å²) in [5, 5.41) is 0. The molecule has 8 heteroatoms. The average Bonchev–Trinajstić information content (AvgIpc) is 2.48. The Morgan fingerprint density at radius 3 is 1.75 bits per heavy atom. The average molecular weight is 403 g/mol. The molecule has 2 N–H and O–H groups in total. The molecule has 0 aromatic heterocycles. The summed E-state index contributed by atoms with van der Waals surface area (Å²) >= 11 is -4.60. The van der Waals surface area contributed by atoms with Crippen molar-refractivity contribution in [3.8, 4) is 0 Å². The summed E-state index contributed by atoms with van der Waals surface area (Å²) < 4.78 is 33.7. The second kappa shape index (κ2) is 14.7. The summed E-state index contributed by atoms with van der Waals surface area (Å²) in [6.45, 7) is 4.55. The van der Waals surface area contributed by atoms with Crippen molar-refractivity contribution < 1.29 is 41.4 Å². The van der Waals surface area contributed by atoms with Crippen molar-refractivity contribution in [3.63, 3.8) is 0 Å². The van der Waals surface area contributed by atoms with Gasteiger partial charge in [-0.15, -0.1) is 0 Å². The molecule has 0 spiro atoms. The Labute approximate surface area is 151 Å². The Balaban J connectivity index is 4.11. The molecule has 0 heterocycles. The van der Waals surface area contributed by atoms with E-state index < -0.39 is 25.2 Å². The second-order valence-electron chi connectivity index (χ2n) is 6.40. The first-order valence-corrected chi connectivity index (χ1v) is 14.0. The van der Waals surface area contributed by atoms with Gasteiger partial charge in [-0.05, 0) is 0 Å². The molecule has 0 aliphatic carbocycles. The molecule has 0 aliphatic rings. The van der Waals surface area contributed by atoms with Crippen LogP contribution in [0.3, 0.4) is 0 Å². The molecular weight excluding hydrogens is 367 g/mol. The van der Waals surface area contributed by atoms with Crippen molar-refractivity contribution in [1.82, 2.24) is 0 Å². The molecular formula is C16H36O6PTi. The molecule has 0 rings (SSSR count). The molecule has 0 aliphatic heterocycles. The summed E-state index contributed by atoms with van der Waals surface area (Å²) in [6.07, 6.45) is 12.4. The van der Waals surface area contributed by atoms with E-state index in [4.69, 9.17) is 13.1 Å². The number of phosphoric acid groups is 1. The first-order chi connectivity index (χ1) is 11.3. The van der Waals surface area contributed by atoms with E-state index in [0.29, 0.717) is 6.42 Å². The van der Waals surface area contributed by atoms with E-state index in [1.165, 1.54) is 25.7 Å². The van der Waals surface area contributed by atoms with Crippen LogP contribution in [0.15, 0.2) is 0 Å². The van der Waals surface area contributed by atoms with Crippen molar-refractivity contribution in [1.29, 1.82) is 0 Å². The fourth-order valence-corrected chi connectivity index (χ4v) is 7.44. The SMILES string of the molecule is CCCCCCCC[O][Ti](=[O])([CH2]CCCCCCC)[O]P(=O)(O)O. The van der Waals surface area contributed by atoms with Gasteiger partial charge in [0.05, 0.1) is 0 Å². The van der Waals surface area contributed by atoms with Gasteiger partial charge in [-0.3, -0.25) is 0 Å². The van der Waals surface area contributed by atoms with E-state index in [0.717, 1.165) is 44.9 Å². The van der Waals surface area contributed by atoms with Gasteiger partial charge in [0.2, 0.25) is 0 Å². The number of unbranched alkanes of at least 4 members (excludes halogenated alkanes) is 10. The summed E-state index contributed by atoms with van der Waals surface area (Å²) in [4.78, 5) is 18.0. The van der Waals surface area contributed by atoms with Crippen molar-refractivity contribution in [3.05, 3.63) is 0 Å². The van der Waals surface area contributed by atoms with Crippen molar-refractivity contribution in [2.75, 3.05) is 6.61 Å². The van der Waals surface area contributed by atoms with Gasteiger partial charge in [-0.25, -0.2) is 0 Å². The van der Waals surface area contributed by atoms with Crippen molar-refractivity contribution in [2.45, 2.75) is 95.6 Å². The summed E-state index contributed by atoms with van der Waals surface area (Å²) in [5.41, 5.74) is 0. The molecule has 0 aromatic rings. The molecule has 1 atom stereocenters. The predicted octanol–water partition coefficient (Wildman–Crippen LogP) is 5.58. The molecule has 0 saturated carbocycles. The van der Waals surface area contributed by atoms with Crippen LogP contribution in [0.2, 0.25) is 4.73 Å². The van der Waals surface area contributed by atoms with Crippen LogP contribution in [0.25, 0.3) is 0 Å². The number of hydrogen-bond acceptors (Lipinski definition) is 4. The summed E-state index contributed by atoms with van der Waals surface area (Å²) in [5.74, 6) is 0. The van der Waals surface area contributed by atoms with E-state index in [-0.39, 0.29) is 11.3 Å².